The zero-order valence-corrected chi connectivity index (χ0v) is 7.68. The molecule has 0 radical (unpaired) electrons. The molecule has 76 valence electrons. The Labute approximate surface area is 82.0 Å². The Kier molecular flexibility index (Phi) is 3.48. The van der Waals surface area contributed by atoms with Crippen molar-refractivity contribution in [2.75, 3.05) is 0 Å². The van der Waals surface area contributed by atoms with Crippen molar-refractivity contribution in [3.8, 4) is 5.75 Å². The number of phenols is 1. The summed E-state index contributed by atoms with van der Waals surface area (Å²) < 4.78 is 0. The summed E-state index contributed by atoms with van der Waals surface area (Å²) in [6, 6.07) is 6.32. The van der Waals surface area contributed by atoms with Gasteiger partial charge in [0.25, 0.3) is 0 Å². The second-order valence-corrected chi connectivity index (χ2v) is 3.19. The first-order valence-electron chi connectivity index (χ1n) is 4.34. The Morgan fingerprint density at radius 3 is 2.64 bits per heavy atom. The lowest BCUT2D eigenvalue weighted by molar-refractivity contribution is -0.137. The van der Waals surface area contributed by atoms with Gasteiger partial charge in [0.05, 0.1) is 6.42 Å². The normalized spacial score (nSPS) is 12.4. The highest BCUT2D eigenvalue weighted by molar-refractivity contribution is 5.67. The van der Waals surface area contributed by atoms with Crippen molar-refractivity contribution in [3.63, 3.8) is 0 Å². The fourth-order valence-electron chi connectivity index (χ4n) is 1.26. The van der Waals surface area contributed by atoms with Crippen LogP contribution in [0.4, 0.5) is 0 Å². The molecule has 0 aliphatic carbocycles. The first-order valence-corrected chi connectivity index (χ1v) is 4.34. The molecule has 0 amide bonds. The van der Waals surface area contributed by atoms with Gasteiger partial charge in [-0.2, -0.15) is 0 Å². The summed E-state index contributed by atoms with van der Waals surface area (Å²) >= 11 is 0. The molecule has 0 saturated carbocycles. The lowest BCUT2D eigenvalue weighted by Crippen LogP contribution is -2.26. The quantitative estimate of drug-likeness (QED) is 0.661. The minimum Gasteiger partial charge on any atom is -0.508 e. The monoisotopic (exact) mass is 195 g/mol. The highest BCUT2D eigenvalue weighted by Crippen LogP contribution is 2.17. The molecule has 0 fully saturated rings. The molecular weight excluding hydrogens is 182 g/mol. The molecule has 0 aliphatic heterocycles. The summed E-state index contributed by atoms with van der Waals surface area (Å²) in [4.78, 5) is 10.3. The van der Waals surface area contributed by atoms with Crippen LogP contribution in [-0.2, 0) is 11.2 Å². The number of carboxylic acids is 1. The average molecular weight is 195 g/mol. The van der Waals surface area contributed by atoms with Gasteiger partial charge in [0, 0.05) is 6.04 Å². The smallest absolute Gasteiger partial charge is 0.304 e. The fourth-order valence-corrected chi connectivity index (χ4v) is 1.26. The third-order valence-corrected chi connectivity index (χ3v) is 1.91. The van der Waals surface area contributed by atoms with Crippen LogP contribution in [0, 0.1) is 0 Å². The third-order valence-electron chi connectivity index (χ3n) is 1.91. The number of hydrogen-bond donors (Lipinski definition) is 3. The maximum absolute atomic E-state index is 10.3. The van der Waals surface area contributed by atoms with Gasteiger partial charge in [-0.05, 0) is 18.1 Å². The molecule has 4 heteroatoms. The number of rotatable bonds is 4. The molecule has 0 heterocycles. The maximum Gasteiger partial charge on any atom is 0.304 e. The van der Waals surface area contributed by atoms with Crippen LogP contribution in [-0.4, -0.2) is 22.2 Å². The Balaban J connectivity index is 2.60. The lowest BCUT2D eigenvalue weighted by atomic mass is 10.0. The van der Waals surface area contributed by atoms with E-state index in [2.05, 4.69) is 0 Å². The summed E-state index contributed by atoms with van der Waals surface area (Å²) in [5.41, 5.74) is 6.27. The van der Waals surface area contributed by atoms with Crippen molar-refractivity contribution >= 4 is 5.97 Å². The van der Waals surface area contributed by atoms with E-state index in [0.29, 0.717) is 12.0 Å². The minimum atomic E-state index is -0.923. The van der Waals surface area contributed by atoms with E-state index < -0.39 is 12.0 Å². The van der Waals surface area contributed by atoms with Crippen LogP contribution < -0.4 is 5.73 Å². The van der Waals surface area contributed by atoms with Crippen molar-refractivity contribution in [3.05, 3.63) is 29.8 Å². The molecule has 0 unspecified atom stereocenters. The van der Waals surface area contributed by atoms with Gasteiger partial charge in [-0.15, -0.1) is 0 Å². The highest BCUT2D eigenvalue weighted by Gasteiger charge is 2.10. The van der Waals surface area contributed by atoms with Crippen LogP contribution in [0.1, 0.15) is 12.0 Å². The maximum atomic E-state index is 10.3. The Morgan fingerprint density at radius 1 is 1.43 bits per heavy atom. The predicted molar refractivity (Wildman–Crippen MR) is 52.0 cm³/mol. The van der Waals surface area contributed by atoms with Gasteiger partial charge in [0.15, 0.2) is 0 Å². The Hall–Kier alpha value is -1.55. The molecule has 4 nitrogen and oxygen atoms in total. The van der Waals surface area contributed by atoms with Gasteiger partial charge >= 0.3 is 5.97 Å². The van der Waals surface area contributed by atoms with Crippen LogP contribution in [0.2, 0.25) is 0 Å². The first kappa shape index (κ1) is 10.5. The van der Waals surface area contributed by atoms with E-state index in [1.807, 2.05) is 0 Å². The van der Waals surface area contributed by atoms with E-state index in [0.717, 1.165) is 0 Å². The number of phenolic OH excluding ortho intramolecular Hbond substituents is 1. The van der Waals surface area contributed by atoms with Crippen LogP contribution in [0.5, 0.6) is 5.75 Å². The second kappa shape index (κ2) is 4.62. The third kappa shape index (κ3) is 3.06. The summed E-state index contributed by atoms with van der Waals surface area (Å²) in [6.45, 7) is 0. The second-order valence-electron chi connectivity index (χ2n) is 3.19. The number of aliphatic carboxylic acids is 1. The molecule has 1 aromatic carbocycles. The summed E-state index contributed by atoms with van der Waals surface area (Å²) in [5, 5.41) is 17.9. The molecule has 1 rings (SSSR count). The molecule has 0 saturated heterocycles. The number of aromatic hydroxyl groups is 1. The van der Waals surface area contributed by atoms with E-state index in [9.17, 15) is 9.90 Å². The molecular formula is C10H13NO3. The molecule has 0 aliphatic rings. The Bertz CT molecular complexity index is 325. The summed E-state index contributed by atoms with van der Waals surface area (Å²) in [5.74, 6) is -0.763. The topological polar surface area (TPSA) is 83.6 Å². The van der Waals surface area contributed by atoms with E-state index in [-0.39, 0.29) is 12.2 Å². The molecule has 0 bridgehead atoms. The fraction of sp³-hybridized carbons (Fsp3) is 0.300. The van der Waals surface area contributed by atoms with Crippen LogP contribution in [0.3, 0.4) is 0 Å². The molecule has 1 aromatic rings. The Morgan fingerprint density at radius 2 is 2.07 bits per heavy atom. The number of nitrogens with two attached hydrogens (primary N) is 1. The van der Waals surface area contributed by atoms with Crippen molar-refractivity contribution in [1.29, 1.82) is 0 Å². The summed E-state index contributed by atoms with van der Waals surface area (Å²) in [6.07, 6.45) is 0.285. The summed E-state index contributed by atoms with van der Waals surface area (Å²) in [7, 11) is 0. The largest absolute Gasteiger partial charge is 0.508 e. The standard InChI is InChI=1S/C10H13NO3/c11-8(6-10(13)14)5-7-3-1-2-4-9(7)12/h1-4,8,12H,5-6,11H2,(H,13,14)/t8-/m0/s1. The minimum absolute atomic E-state index is 0.0890. The van der Waals surface area contributed by atoms with Gasteiger partial charge in [0.2, 0.25) is 0 Å². The average Bonchev–Trinajstić information content (AvgIpc) is 2.07. The van der Waals surface area contributed by atoms with Crippen molar-refractivity contribution in [2.24, 2.45) is 5.73 Å². The highest BCUT2D eigenvalue weighted by atomic mass is 16.4. The molecule has 0 spiro atoms. The zero-order valence-electron chi connectivity index (χ0n) is 7.68. The van der Waals surface area contributed by atoms with Crippen molar-refractivity contribution < 1.29 is 15.0 Å². The van der Waals surface area contributed by atoms with Gasteiger partial charge in [-0.1, -0.05) is 18.2 Å². The number of para-hydroxylation sites is 1. The van der Waals surface area contributed by atoms with E-state index in [1.54, 1.807) is 24.3 Å². The number of benzene rings is 1. The van der Waals surface area contributed by atoms with E-state index in [4.69, 9.17) is 10.8 Å². The van der Waals surface area contributed by atoms with Crippen molar-refractivity contribution in [2.45, 2.75) is 18.9 Å². The van der Waals surface area contributed by atoms with Crippen LogP contribution >= 0.6 is 0 Å². The lowest BCUT2D eigenvalue weighted by Gasteiger charge is -2.09. The van der Waals surface area contributed by atoms with Gasteiger partial charge in [0.1, 0.15) is 5.75 Å². The molecule has 1 atom stereocenters. The van der Waals surface area contributed by atoms with Crippen LogP contribution in [0.15, 0.2) is 24.3 Å². The zero-order chi connectivity index (χ0) is 10.6. The van der Waals surface area contributed by atoms with Crippen molar-refractivity contribution in [1.82, 2.24) is 0 Å². The SMILES string of the molecule is N[C@H](CC(=O)O)Cc1ccccc1O. The van der Waals surface area contributed by atoms with Crippen LogP contribution in [0.25, 0.3) is 0 Å². The number of carbonyl (C=O) groups is 1. The number of hydrogen-bond acceptors (Lipinski definition) is 3. The molecule has 14 heavy (non-hydrogen) atoms. The molecule has 4 N–H and O–H groups in total. The molecule has 0 aromatic heterocycles. The first-order chi connectivity index (χ1) is 6.59. The van der Waals surface area contributed by atoms with Gasteiger partial charge in [-0.3, -0.25) is 4.79 Å². The van der Waals surface area contributed by atoms with E-state index in [1.165, 1.54) is 0 Å². The van der Waals surface area contributed by atoms with Gasteiger partial charge < -0.3 is 15.9 Å². The van der Waals surface area contributed by atoms with E-state index >= 15 is 0 Å². The van der Waals surface area contributed by atoms with Gasteiger partial charge in [-0.25, -0.2) is 0 Å². The predicted octanol–water partition coefficient (Wildman–Crippen LogP) is 0.737. The number of carboxylic acid groups (broad SMARTS) is 1.